The molecule has 1 aromatic carbocycles. The van der Waals surface area contributed by atoms with Gasteiger partial charge in [-0.15, -0.1) is 0 Å². The van der Waals surface area contributed by atoms with E-state index >= 15 is 0 Å². The molecule has 0 atom stereocenters. The van der Waals surface area contributed by atoms with Crippen molar-refractivity contribution in [3.63, 3.8) is 0 Å². The zero-order valence-electron chi connectivity index (χ0n) is 14.9. The first-order valence-electron chi connectivity index (χ1n) is 8.64. The number of rotatable bonds is 6. The third kappa shape index (κ3) is 4.22. The van der Waals surface area contributed by atoms with Gasteiger partial charge >= 0.3 is 0 Å². The third-order valence-electron chi connectivity index (χ3n) is 4.39. The number of anilines is 1. The third-order valence-corrected chi connectivity index (χ3v) is 5.67. The van der Waals surface area contributed by atoms with Crippen molar-refractivity contribution in [2.24, 2.45) is 0 Å². The van der Waals surface area contributed by atoms with Gasteiger partial charge in [0, 0.05) is 45.0 Å². The average molecular weight is 381 g/mol. The first-order valence-corrected chi connectivity index (χ1v) is 10.1. The van der Waals surface area contributed by atoms with Gasteiger partial charge in [-0.3, -0.25) is 0 Å². The van der Waals surface area contributed by atoms with Crippen molar-refractivity contribution in [3.05, 3.63) is 42.1 Å². The lowest BCUT2D eigenvalue weighted by molar-refractivity contribution is 0.564. The molecule has 0 aliphatic carbocycles. The van der Waals surface area contributed by atoms with Crippen LogP contribution in [0.1, 0.15) is 25.5 Å². The largest absolute Gasteiger partial charge is 0.367 e. The quantitative estimate of drug-likeness (QED) is 0.793. The van der Waals surface area contributed by atoms with E-state index in [2.05, 4.69) is 15.0 Å². The maximum atomic E-state index is 14.4. The summed E-state index contributed by atoms with van der Waals surface area (Å²) in [6, 6.07) is 4.96. The van der Waals surface area contributed by atoms with Crippen LogP contribution in [0.5, 0.6) is 0 Å². The molecule has 1 aromatic heterocycles. The molecule has 2 heterocycles. The van der Waals surface area contributed by atoms with Crippen molar-refractivity contribution in [1.29, 1.82) is 0 Å². The van der Waals surface area contributed by atoms with Gasteiger partial charge < -0.3 is 14.8 Å². The van der Waals surface area contributed by atoms with Crippen LogP contribution < -0.4 is 14.9 Å². The lowest BCUT2D eigenvalue weighted by atomic mass is 10.1. The second-order valence-electron chi connectivity index (χ2n) is 6.60. The molecule has 1 aliphatic heterocycles. The van der Waals surface area contributed by atoms with E-state index in [1.807, 2.05) is 18.7 Å². The molecule has 9 heteroatoms. The average Bonchev–Trinajstić information content (AvgIpc) is 3.12. The number of aromatic nitrogens is 2. The van der Waals surface area contributed by atoms with Crippen LogP contribution in [0.2, 0.25) is 0 Å². The maximum absolute atomic E-state index is 14.4. The smallest absolute Gasteiger partial charge is 0.259 e. The van der Waals surface area contributed by atoms with E-state index < -0.39 is 10.0 Å². The SMILES string of the molecule is CC(C)n1cnc(S(=O)(=O)NCc2ccc(N3CCNCC3)c(F)c2)c1. The van der Waals surface area contributed by atoms with Crippen molar-refractivity contribution in [3.8, 4) is 0 Å². The van der Waals surface area contributed by atoms with Gasteiger partial charge in [0.25, 0.3) is 10.0 Å². The number of hydrogen-bond acceptors (Lipinski definition) is 5. The van der Waals surface area contributed by atoms with E-state index in [1.54, 1.807) is 16.7 Å². The topological polar surface area (TPSA) is 79.3 Å². The molecule has 0 bridgehead atoms. The Balaban J connectivity index is 1.67. The van der Waals surface area contributed by atoms with E-state index in [0.29, 0.717) is 11.3 Å². The fourth-order valence-corrected chi connectivity index (χ4v) is 3.76. The number of piperazine rings is 1. The summed E-state index contributed by atoms with van der Waals surface area (Å²) in [5.41, 5.74) is 1.11. The van der Waals surface area contributed by atoms with Crippen molar-refractivity contribution in [1.82, 2.24) is 19.6 Å². The summed E-state index contributed by atoms with van der Waals surface area (Å²) in [6.45, 7) is 7.04. The highest BCUT2D eigenvalue weighted by atomic mass is 32.2. The Morgan fingerprint density at radius 1 is 1.31 bits per heavy atom. The molecule has 2 aromatic rings. The number of benzene rings is 1. The summed E-state index contributed by atoms with van der Waals surface area (Å²) in [4.78, 5) is 5.92. The molecule has 1 fully saturated rings. The number of hydrogen-bond donors (Lipinski definition) is 2. The van der Waals surface area contributed by atoms with Crippen LogP contribution in [-0.4, -0.2) is 44.1 Å². The second-order valence-corrected chi connectivity index (χ2v) is 8.31. The Labute approximate surface area is 153 Å². The van der Waals surface area contributed by atoms with Crippen molar-refractivity contribution < 1.29 is 12.8 Å². The highest BCUT2D eigenvalue weighted by Crippen LogP contribution is 2.21. The summed E-state index contributed by atoms with van der Waals surface area (Å²) < 4.78 is 43.3. The van der Waals surface area contributed by atoms with E-state index in [0.717, 1.165) is 26.2 Å². The van der Waals surface area contributed by atoms with Gasteiger partial charge in [-0.2, -0.15) is 0 Å². The molecule has 3 rings (SSSR count). The van der Waals surface area contributed by atoms with Crippen molar-refractivity contribution in [2.75, 3.05) is 31.1 Å². The summed E-state index contributed by atoms with van der Waals surface area (Å²) in [6.07, 6.45) is 2.97. The summed E-state index contributed by atoms with van der Waals surface area (Å²) in [7, 11) is -3.74. The number of sulfonamides is 1. The van der Waals surface area contributed by atoms with Crippen LogP contribution >= 0.6 is 0 Å². The lowest BCUT2D eigenvalue weighted by Crippen LogP contribution is -2.43. The van der Waals surface area contributed by atoms with Crippen LogP contribution in [0.25, 0.3) is 0 Å². The molecule has 0 spiro atoms. The van der Waals surface area contributed by atoms with Gasteiger partial charge in [-0.05, 0) is 31.5 Å². The van der Waals surface area contributed by atoms with E-state index in [9.17, 15) is 12.8 Å². The summed E-state index contributed by atoms with van der Waals surface area (Å²) in [5, 5.41) is 3.19. The minimum Gasteiger partial charge on any atom is -0.367 e. The Bertz CT molecular complexity index is 860. The molecule has 142 valence electrons. The predicted octanol–water partition coefficient (Wildman–Crippen LogP) is 1.49. The van der Waals surface area contributed by atoms with E-state index in [4.69, 9.17) is 0 Å². The molecule has 1 saturated heterocycles. The fourth-order valence-electron chi connectivity index (χ4n) is 2.81. The van der Waals surface area contributed by atoms with Gasteiger partial charge in [0.15, 0.2) is 5.03 Å². The number of imidazole rings is 1. The molecular formula is C17H24FN5O2S. The maximum Gasteiger partial charge on any atom is 0.259 e. The Kier molecular flexibility index (Phi) is 5.59. The molecule has 0 unspecified atom stereocenters. The van der Waals surface area contributed by atoms with Gasteiger partial charge in [0.05, 0.1) is 12.0 Å². The molecule has 26 heavy (non-hydrogen) atoms. The van der Waals surface area contributed by atoms with Crippen molar-refractivity contribution in [2.45, 2.75) is 31.5 Å². The summed E-state index contributed by atoms with van der Waals surface area (Å²) in [5.74, 6) is -0.340. The fraction of sp³-hybridized carbons (Fsp3) is 0.471. The minimum absolute atomic E-state index is 0.00955. The predicted molar refractivity (Wildman–Crippen MR) is 98.1 cm³/mol. The number of halogens is 1. The molecule has 0 amide bonds. The molecular weight excluding hydrogens is 357 g/mol. The molecule has 7 nitrogen and oxygen atoms in total. The van der Waals surface area contributed by atoms with Crippen LogP contribution in [0.4, 0.5) is 10.1 Å². The monoisotopic (exact) mass is 381 g/mol. The second kappa shape index (κ2) is 7.73. The van der Waals surface area contributed by atoms with E-state index in [1.165, 1.54) is 18.6 Å². The molecule has 0 radical (unpaired) electrons. The van der Waals surface area contributed by atoms with Gasteiger partial charge in [0.1, 0.15) is 5.82 Å². The molecule has 0 saturated carbocycles. The lowest BCUT2D eigenvalue weighted by Gasteiger charge is -2.29. The minimum atomic E-state index is -3.74. The van der Waals surface area contributed by atoms with E-state index in [-0.39, 0.29) is 23.4 Å². The number of nitrogens with zero attached hydrogens (tertiary/aromatic N) is 3. The zero-order valence-corrected chi connectivity index (χ0v) is 15.8. The highest BCUT2D eigenvalue weighted by molar-refractivity contribution is 7.89. The standard InChI is InChI=1S/C17H24FN5O2S/c1-13(2)23-11-17(20-12-23)26(24,25)21-10-14-3-4-16(15(18)9-14)22-7-5-19-6-8-22/h3-4,9,11-13,19,21H,5-8,10H2,1-2H3. The number of nitrogens with one attached hydrogen (secondary N) is 2. The molecule has 1 aliphatic rings. The Morgan fingerprint density at radius 2 is 2.04 bits per heavy atom. The van der Waals surface area contributed by atoms with Gasteiger partial charge in [-0.25, -0.2) is 22.5 Å². The van der Waals surface area contributed by atoms with Crippen LogP contribution in [0.3, 0.4) is 0 Å². The molecule has 2 N–H and O–H groups in total. The van der Waals surface area contributed by atoms with Crippen molar-refractivity contribution >= 4 is 15.7 Å². The van der Waals surface area contributed by atoms with Gasteiger partial charge in [-0.1, -0.05) is 6.07 Å². The summed E-state index contributed by atoms with van der Waals surface area (Å²) >= 11 is 0. The van der Waals surface area contributed by atoms with Gasteiger partial charge in [0.2, 0.25) is 0 Å². The Hall–Kier alpha value is -1.97. The van der Waals surface area contributed by atoms with Crippen LogP contribution in [0, 0.1) is 5.82 Å². The first-order chi connectivity index (χ1) is 12.4. The van der Waals surface area contributed by atoms with Crippen LogP contribution in [-0.2, 0) is 16.6 Å². The normalized spacial score (nSPS) is 15.6. The van der Waals surface area contributed by atoms with Crippen LogP contribution in [0.15, 0.2) is 35.7 Å². The highest BCUT2D eigenvalue weighted by Gasteiger charge is 2.19. The zero-order chi connectivity index (χ0) is 18.7. The Morgan fingerprint density at radius 3 is 2.65 bits per heavy atom. The first kappa shape index (κ1) is 18.8.